The smallest absolute Gasteiger partial charge is 0.169 e. The van der Waals surface area contributed by atoms with Gasteiger partial charge in [0.05, 0.1) is 0 Å². The topological polar surface area (TPSA) is 67.6 Å². The van der Waals surface area contributed by atoms with Gasteiger partial charge in [0.15, 0.2) is 5.82 Å². The minimum atomic E-state index is -0.224. The van der Waals surface area contributed by atoms with E-state index in [2.05, 4.69) is 41.4 Å². The van der Waals surface area contributed by atoms with Crippen molar-refractivity contribution in [2.24, 2.45) is 0 Å². The second kappa shape index (κ2) is 5.24. The number of anilines is 1. The summed E-state index contributed by atoms with van der Waals surface area (Å²) in [5.41, 5.74) is 7.49. The van der Waals surface area contributed by atoms with Crippen LogP contribution in [0.2, 0.25) is 0 Å². The van der Waals surface area contributed by atoms with Gasteiger partial charge in [-0.15, -0.1) is 5.10 Å². The summed E-state index contributed by atoms with van der Waals surface area (Å²) in [4.78, 5) is 0. The van der Waals surface area contributed by atoms with Crippen LogP contribution in [0.1, 0.15) is 25.1 Å². The number of benzene rings is 1. The molecule has 2 rings (SSSR count). The fourth-order valence-corrected chi connectivity index (χ4v) is 1.69. The van der Waals surface area contributed by atoms with Gasteiger partial charge in [-0.3, -0.25) is 0 Å². The van der Waals surface area contributed by atoms with Gasteiger partial charge in [0.1, 0.15) is 5.69 Å². The van der Waals surface area contributed by atoms with Crippen molar-refractivity contribution in [2.45, 2.75) is 19.3 Å². The van der Waals surface area contributed by atoms with Gasteiger partial charge < -0.3 is 5.73 Å². The Hall–Kier alpha value is -0.463. The molecule has 0 aliphatic heterocycles. The Morgan fingerprint density at radius 1 is 1.12 bits per heavy atom. The average molecular weight is 342 g/mol. The summed E-state index contributed by atoms with van der Waals surface area (Å²) in [7, 11) is 0. The number of aromatic nitrogens is 3. The fourth-order valence-electron chi connectivity index (χ4n) is 1.69. The Morgan fingerprint density at radius 3 is 2.25 bits per heavy atom. The van der Waals surface area contributed by atoms with E-state index in [9.17, 15) is 0 Å². The van der Waals surface area contributed by atoms with E-state index >= 15 is 0 Å². The number of nitrogens with zero attached hydrogens (tertiary/aromatic N) is 2. The Bertz CT molecular complexity index is 450. The molecule has 0 fully saturated rings. The van der Waals surface area contributed by atoms with Crippen LogP contribution < -0.4 is 5.73 Å². The predicted molar refractivity (Wildman–Crippen MR) is 59.4 cm³/mol. The molecule has 0 spiro atoms. The van der Waals surface area contributed by atoms with Crippen molar-refractivity contribution in [3.63, 3.8) is 0 Å². The molecule has 1 aromatic heterocycles. The van der Waals surface area contributed by atoms with Crippen LogP contribution >= 0.6 is 0 Å². The number of aromatic amines is 1. The largest absolute Gasteiger partial charge is 0.381 e. The second-order valence-electron chi connectivity index (χ2n) is 4.05. The van der Waals surface area contributed by atoms with Crippen molar-refractivity contribution >= 4 is 5.82 Å². The molecule has 0 saturated heterocycles. The molecule has 0 radical (unpaired) electrons. The van der Waals surface area contributed by atoms with Gasteiger partial charge in [-0.2, -0.15) is 10.3 Å². The van der Waals surface area contributed by atoms with E-state index in [4.69, 9.17) is 5.73 Å². The normalized spacial score (nSPS) is 10.9. The number of hydrogen-bond acceptors (Lipinski definition) is 3. The molecule has 16 heavy (non-hydrogen) atoms. The van der Waals surface area contributed by atoms with Gasteiger partial charge in [-0.05, 0) is 19.4 Å². The van der Waals surface area contributed by atoms with Gasteiger partial charge in [0, 0.05) is 47.2 Å². The van der Waals surface area contributed by atoms with Gasteiger partial charge in [0.25, 0.3) is 0 Å². The zero-order valence-corrected chi connectivity index (χ0v) is 12.5. The third kappa shape index (κ3) is 2.44. The minimum absolute atomic E-state index is 0. The maximum Gasteiger partial charge on any atom is 0.169 e. The SMILES string of the molecule is CC(C)(c1ccccc1)c1n[nH]nc1N.[Ce]. The van der Waals surface area contributed by atoms with Crippen molar-refractivity contribution in [1.82, 2.24) is 15.4 Å². The summed E-state index contributed by atoms with van der Waals surface area (Å²) in [6.45, 7) is 4.16. The number of rotatable bonds is 2. The van der Waals surface area contributed by atoms with Crippen LogP contribution in [-0.4, -0.2) is 15.4 Å². The second-order valence-corrected chi connectivity index (χ2v) is 4.05. The first kappa shape index (κ1) is 13.6. The molecular formula is C11H14CeN4. The van der Waals surface area contributed by atoms with Crippen LogP contribution in [0.15, 0.2) is 30.3 Å². The molecule has 3 N–H and O–H groups in total. The third-order valence-electron chi connectivity index (χ3n) is 2.66. The molecule has 0 aliphatic carbocycles. The van der Waals surface area contributed by atoms with Crippen molar-refractivity contribution in [3.05, 3.63) is 41.6 Å². The molecule has 0 bridgehead atoms. The Kier molecular flexibility index (Phi) is 4.46. The van der Waals surface area contributed by atoms with E-state index in [0.717, 1.165) is 5.69 Å². The van der Waals surface area contributed by atoms with E-state index in [-0.39, 0.29) is 47.2 Å². The summed E-state index contributed by atoms with van der Waals surface area (Å²) in [6.07, 6.45) is 0. The summed E-state index contributed by atoms with van der Waals surface area (Å²) < 4.78 is 0. The zero-order chi connectivity index (χ0) is 10.9. The Balaban J connectivity index is 0.00000128. The summed E-state index contributed by atoms with van der Waals surface area (Å²) in [5, 5.41) is 10.5. The molecule has 5 heteroatoms. The molecule has 82 valence electrons. The van der Waals surface area contributed by atoms with Crippen molar-refractivity contribution < 1.29 is 41.7 Å². The van der Waals surface area contributed by atoms with Gasteiger partial charge in [-0.1, -0.05) is 30.3 Å². The van der Waals surface area contributed by atoms with Crippen LogP contribution in [0.3, 0.4) is 0 Å². The van der Waals surface area contributed by atoms with Crippen LogP contribution in [-0.2, 0) is 5.41 Å². The predicted octanol–water partition coefficient (Wildman–Crippen LogP) is 1.71. The fraction of sp³-hybridized carbons (Fsp3) is 0.273. The number of H-pyrrole nitrogens is 1. The van der Waals surface area contributed by atoms with Gasteiger partial charge in [0.2, 0.25) is 0 Å². The number of nitrogens with two attached hydrogens (primary N) is 1. The van der Waals surface area contributed by atoms with Crippen LogP contribution in [0, 0.1) is 41.7 Å². The van der Waals surface area contributed by atoms with E-state index in [1.54, 1.807) is 0 Å². The van der Waals surface area contributed by atoms with Gasteiger partial charge in [-0.25, -0.2) is 0 Å². The van der Waals surface area contributed by atoms with Crippen LogP contribution in [0.4, 0.5) is 5.82 Å². The Labute approximate surface area is 128 Å². The summed E-state index contributed by atoms with van der Waals surface area (Å²) in [5.74, 6) is 0.462. The van der Waals surface area contributed by atoms with Gasteiger partial charge >= 0.3 is 0 Å². The molecule has 0 saturated carbocycles. The summed E-state index contributed by atoms with van der Waals surface area (Å²) in [6, 6.07) is 10.1. The first-order valence-corrected chi connectivity index (χ1v) is 4.84. The molecule has 1 heterocycles. The number of nitrogen functional groups attached to an aromatic ring is 1. The number of hydrogen-bond donors (Lipinski definition) is 2. The molecule has 2 aromatic rings. The van der Waals surface area contributed by atoms with E-state index in [1.807, 2.05) is 18.2 Å². The molecule has 0 atom stereocenters. The maximum atomic E-state index is 5.76. The van der Waals surface area contributed by atoms with Crippen molar-refractivity contribution in [2.75, 3.05) is 5.73 Å². The Morgan fingerprint density at radius 2 is 1.75 bits per heavy atom. The first-order valence-electron chi connectivity index (χ1n) is 4.84. The quantitative estimate of drug-likeness (QED) is 0.873. The molecular weight excluding hydrogens is 328 g/mol. The zero-order valence-electron chi connectivity index (χ0n) is 9.36. The van der Waals surface area contributed by atoms with Crippen molar-refractivity contribution in [1.29, 1.82) is 0 Å². The van der Waals surface area contributed by atoms with Crippen molar-refractivity contribution in [3.8, 4) is 0 Å². The summed E-state index contributed by atoms with van der Waals surface area (Å²) >= 11 is 0. The molecule has 0 aliphatic rings. The maximum absolute atomic E-state index is 5.76. The minimum Gasteiger partial charge on any atom is -0.381 e. The van der Waals surface area contributed by atoms with E-state index < -0.39 is 0 Å². The molecule has 4 nitrogen and oxygen atoms in total. The number of nitrogens with one attached hydrogen (secondary N) is 1. The van der Waals surface area contributed by atoms with Crippen LogP contribution in [0.25, 0.3) is 0 Å². The average Bonchev–Trinajstić information content (AvgIpc) is 2.66. The first-order chi connectivity index (χ1) is 7.12. The molecule has 1 aromatic carbocycles. The standard InChI is InChI=1S/C11H14N4.Ce/c1-11(2,8-6-4-3-5-7-8)9-10(12)14-15-13-9;/h3-7H,1-2H3,(H3,12,13,14,15);. The van der Waals surface area contributed by atoms with E-state index in [1.165, 1.54) is 5.56 Å². The molecule has 0 amide bonds. The van der Waals surface area contributed by atoms with E-state index in [0.29, 0.717) is 5.82 Å². The molecule has 0 unspecified atom stereocenters. The third-order valence-corrected chi connectivity index (χ3v) is 2.66. The van der Waals surface area contributed by atoms with Crippen LogP contribution in [0.5, 0.6) is 0 Å². The monoisotopic (exact) mass is 342 g/mol.